The fraction of sp³-hybridized carbons (Fsp3) is 0.250. The highest BCUT2D eigenvalue weighted by Gasteiger charge is 2.06. The van der Waals surface area contributed by atoms with Crippen LogP contribution in [0.2, 0.25) is 5.02 Å². The zero-order valence-corrected chi connectivity index (χ0v) is 14.3. The largest absolute Gasteiger partial charge is 0.504 e. The number of nitrogens with one attached hydrogen (secondary N) is 1. The van der Waals surface area contributed by atoms with Crippen molar-refractivity contribution in [2.75, 3.05) is 11.9 Å². The lowest BCUT2D eigenvalue weighted by Crippen LogP contribution is -2.01. The van der Waals surface area contributed by atoms with E-state index in [4.69, 9.17) is 16.3 Å². The Morgan fingerprint density at radius 3 is 2.76 bits per heavy atom. The zero-order valence-electron chi connectivity index (χ0n) is 11.9. The summed E-state index contributed by atoms with van der Waals surface area (Å²) in [6, 6.07) is 9.20. The monoisotopic (exact) mass is 369 g/mol. The summed E-state index contributed by atoms with van der Waals surface area (Å²) in [7, 11) is 0. The van der Waals surface area contributed by atoms with Crippen LogP contribution >= 0.6 is 27.5 Å². The average molecular weight is 371 g/mol. The fourth-order valence-corrected chi connectivity index (χ4v) is 2.68. The second-order valence-corrected chi connectivity index (χ2v) is 5.93. The maximum atomic E-state index is 9.69. The molecule has 0 aliphatic carbocycles. The zero-order chi connectivity index (χ0) is 15.4. The van der Waals surface area contributed by atoms with E-state index in [1.807, 2.05) is 38.1 Å². The Morgan fingerprint density at radius 1 is 1.29 bits per heavy atom. The average Bonchev–Trinajstić information content (AvgIpc) is 2.45. The van der Waals surface area contributed by atoms with Crippen molar-refractivity contribution in [2.45, 2.75) is 20.4 Å². The molecule has 112 valence electrons. The predicted molar refractivity (Wildman–Crippen MR) is 90.5 cm³/mol. The van der Waals surface area contributed by atoms with E-state index in [1.54, 1.807) is 6.07 Å². The first-order valence-corrected chi connectivity index (χ1v) is 7.82. The van der Waals surface area contributed by atoms with E-state index in [0.29, 0.717) is 18.9 Å². The number of hydrogen-bond acceptors (Lipinski definition) is 3. The molecular weight excluding hydrogens is 354 g/mol. The summed E-state index contributed by atoms with van der Waals surface area (Å²) in [6.45, 7) is 4.98. The Kier molecular flexibility index (Phi) is 5.37. The van der Waals surface area contributed by atoms with Gasteiger partial charge in [0.05, 0.1) is 12.3 Å². The molecule has 2 aromatic carbocycles. The summed E-state index contributed by atoms with van der Waals surface area (Å²) in [4.78, 5) is 0. The van der Waals surface area contributed by atoms with Crippen molar-refractivity contribution in [3.63, 3.8) is 0 Å². The lowest BCUT2D eigenvalue weighted by atomic mass is 10.2. The summed E-state index contributed by atoms with van der Waals surface area (Å²) in [5.74, 6) is 0.651. The fourth-order valence-electron chi connectivity index (χ4n) is 1.92. The lowest BCUT2D eigenvalue weighted by Gasteiger charge is -2.12. The van der Waals surface area contributed by atoms with Gasteiger partial charge in [0.1, 0.15) is 0 Å². The van der Waals surface area contributed by atoms with Gasteiger partial charge in [0.25, 0.3) is 0 Å². The predicted octanol–water partition coefficient (Wildman–Crippen LogP) is 5.13. The topological polar surface area (TPSA) is 41.5 Å². The number of hydrogen-bond donors (Lipinski definition) is 2. The number of halogens is 2. The number of phenolic OH excluding ortho intramolecular Hbond substituents is 1. The number of anilines is 1. The quantitative estimate of drug-likeness (QED) is 0.767. The van der Waals surface area contributed by atoms with Crippen molar-refractivity contribution in [1.82, 2.24) is 0 Å². The molecule has 5 heteroatoms. The van der Waals surface area contributed by atoms with Crippen molar-refractivity contribution < 1.29 is 9.84 Å². The van der Waals surface area contributed by atoms with Gasteiger partial charge in [-0.05, 0) is 65.2 Å². The third-order valence-corrected chi connectivity index (χ3v) is 4.12. The highest BCUT2D eigenvalue weighted by molar-refractivity contribution is 9.10. The Hall–Kier alpha value is -1.39. The van der Waals surface area contributed by atoms with Crippen molar-refractivity contribution in [1.29, 1.82) is 0 Å². The van der Waals surface area contributed by atoms with Crippen molar-refractivity contribution in [2.24, 2.45) is 0 Å². The third-order valence-electron chi connectivity index (χ3n) is 3.06. The Labute approximate surface area is 138 Å². The van der Waals surface area contributed by atoms with Gasteiger partial charge in [-0.3, -0.25) is 0 Å². The SMILES string of the molecule is CCOc1cc(CNc2cc(Cl)c(C)cc2Br)ccc1O. The van der Waals surface area contributed by atoms with Crippen LogP contribution in [0.25, 0.3) is 0 Å². The molecule has 0 heterocycles. The molecule has 0 aliphatic rings. The number of phenols is 1. The molecule has 0 unspecified atom stereocenters. The summed E-state index contributed by atoms with van der Waals surface area (Å²) < 4.78 is 6.35. The number of benzene rings is 2. The van der Waals surface area contributed by atoms with E-state index in [0.717, 1.165) is 26.3 Å². The van der Waals surface area contributed by atoms with Crippen LogP contribution in [0.5, 0.6) is 11.5 Å². The Morgan fingerprint density at radius 2 is 2.05 bits per heavy atom. The van der Waals surface area contributed by atoms with E-state index in [1.165, 1.54) is 0 Å². The van der Waals surface area contributed by atoms with Gasteiger partial charge < -0.3 is 15.2 Å². The molecule has 2 aromatic rings. The standard InChI is InChI=1S/C16H17BrClNO2/c1-3-21-16-7-11(4-5-15(16)20)9-19-14-8-13(18)10(2)6-12(14)17/h4-8,19-20H,3,9H2,1-2H3. The summed E-state index contributed by atoms with van der Waals surface area (Å²) in [5, 5.41) is 13.7. The molecule has 0 amide bonds. The molecule has 3 nitrogen and oxygen atoms in total. The second kappa shape index (κ2) is 7.05. The van der Waals surface area contributed by atoms with Crippen LogP contribution < -0.4 is 10.1 Å². The van der Waals surface area contributed by atoms with Gasteiger partial charge in [0, 0.05) is 16.0 Å². The van der Waals surface area contributed by atoms with Crippen LogP contribution in [0.4, 0.5) is 5.69 Å². The van der Waals surface area contributed by atoms with Gasteiger partial charge in [-0.2, -0.15) is 0 Å². The van der Waals surface area contributed by atoms with Crippen LogP contribution in [0.3, 0.4) is 0 Å². The molecule has 2 rings (SSSR count). The smallest absolute Gasteiger partial charge is 0.161 e. The van der Waals surface area contributed by atoms with E-state index >= 15 is 0 Å². The Balaban J connectivity index is 2.13. The van der Waals surface area contributed by atoms with Crippen molar-refractivity contribution in [3.05, 3.63) is 51.0 Å². The number of ether oxygens (including phenoxy) is 1. The third kappa shape index (κ3) is 4.05. The van der Waals surface area contributed by atoms with Crippen LogP contribution in [-0.4, -0.2) is 11.7 Å². The summed E-state index contributed by atoms with van der Waals surface area (Å²) in [5.41, 5.74) is 2.97. The second-order valence-electron chi connectivity index (χ2n) is 4.67. The van der Waals surface area contributed by atoms with Gasteiger partial charge in [0.2, 0.25) is 0 Å². The molecule has 0 radical (unpaired) electrons. The molecule has 0 aliphatic heterocycles. The molecule has 0 bridgehead atoms. The highest BCUT2D eigenvalue weighted by atomic mass is 79.9. The van der Waals surface area contributed by atoms with Crippen LogP contribution in [0.15, 0.2) is 34.8 Å². The van der Waals surface area contributed by atoms with Crippen LogP contribution in [0.1, 0.15) is 18.1 Å². The summed E-state index contributed by atoms with van der Waals surface area (Å²) >= 11 is 9.66. The van der Waals surface area contributed by atoms with Crippen molar-refractivity contribution >= 4 is 33.2 Å². The molecule has 0 atom stereocenters. The first-order valence-electron chi connectivity index (χ1n) is 6.65. The minimum atomic E-state index is 0.153. The molecule has 2 N–H and O–H groups in total. The van der Waals surface area contributed by atoms with Gasteiger partial charge in [-0.25, -0.2) is 0 Å². The van der Waals surface area contributed by atoms with E-state index in [2.05, 4.69) is 21.2 Å². The molecular formula is C16H17BrClNO2. The first-order chi connectivity index (χ1) is 10.0. The molecule has 21 heavy (non-hydrogen) atoms. The molecule has 0 fully saturated rings. The van der Waals surface area contributed by atoms with Gasteiger partial charge >= 0.3 is 0 Å². The number of rotatable bonds is 5. The highest BCUT2D eigenvalue weighted by Crippen LogP contribution is 2.31. The minimum Gasteiger partial charge on any atom is -0.504 e. The first kappa shape index (κ1) is 16.0. The van der Waals surface area contributed by atoms with E-state index < -0.39 is 0 Å². The van der Waals surface area contributed by atoms with Gasteiger partial charge in [0.15, 0.2) is 11.5 Å². The molecule has 0 saturated carbocycles. The summed E-state index contributed by atoms with van der Waals surface area (Å²) in [6.07, 6.45) is 0. The minimum absolute atomic E-state index is 0.153. The maximum absolute atomic E-state index is 9.69. The van der Waals surface area contributed by atoms with Crippen molar-refractivity contribution in [3.8, 4) is 11.5 Å². The molecule has 0 aromatic heterocycles. The molecule has 0 saturated heterocycles. The van der Waals surface area contributed by atoms with Gasteiger partial charge in [-0.15, -0.1) is 0 Å². The number of aryl methyl sites for hydroxylation is 1. The number of aromatic hydroxyl groups is 1. The van der Waals surface area contributed by atoms with Crippen LogP contribution in [0, 0.1) is 6.92 Å². The van der Waals surface area contributed by atoms with Gasteiger partial charge in [-0.1, -0.05) is 17.7 Å². The molecule has 0 spiro atoms. The lowest BCUT2D eigenvalue weighted by molar-refractivity contribution is 0.318. The van der Waals surface area contributed by atoms with E-state index in [-0.39, 0.29) is 5.75 Å². The normalized spacial score (nSPS) is 10.5. The van der Waals surface area contributed by atoms with E-state index in [9.17, 15) is 5.11 Å². The Bertz CT molecular complexity index is 646. The maximum Gasteiger partial charge on any atom is 0.161 e. The van der Waals surface area contributed by atoms with Crippen LogP contribution in [-0.2, 0) is 6.54 Å².